The van der Waals surface area contributed by atoms with Crippen molar-refractivity contribution < 1.29 is 0 Å². The van der Waals surface area contributed by atoms with Gasteiger partial charge in [0.2, 0.25) is 0 Å². The van der Waals surface area contributed by atoms with Crippen molar-refractivity contribution in [1.29, 1.82) is 0 Å². The number of para-hydroxylation sites is 2. The molecule has 6 aromatic carbocycles. The van der Waals surface area contributed by atoms with Gasteiger partial charge in [0.1, 0.15) is 5.82 Å². The molecule has 0 atom stereocenters. The standard InChI is InChI=1S/C41H34N2/c1-41(2,36-18-5-4-6-19-36)37-24-22-29(23-25-37)30-12-9-13-31(26-30)32-14-10-15-33(27-32)34-16-11-17-35(28-34)40-42-38-20-7-8-21-39(38)43(40)3/h4-28H,1-3H3. The van der Waals surface area contributed by atoms with E-state index in [0.29, 0.717) is 0 Å². The summed E-state index contributed by atoms with van der Waals surface area (Å²) >= 11 is 0. The van der Waals surface area contributed by atoms with Gasteiger partial charge in [-0.25, -0.2) is 4.98 Å². The van der Waals surface area contributed by atoms with Crippen molar-refractivity contribution in [1.82, 2.24) is 9.55 Å². The minimum atomic E-state index is -0.0524. The molecule has 0 fully saturated rings. The highest BCUT2D eigenvalue weighted by molar-refractivity contribution is 5.82. The SMILES string of the molecule is Cn1c(-c2cccc(-c3cccc(-c4cccc(-c5ccc(C(C)(C)c6ccccc6)cc5)c4)c3)c2)nc2ccccc21. The summed E-state index contributed by atoms with van der Waals surface area (Å²) in [5.74, 6) is 0.977. The molecule has 43 heavy (non-hydrogen) atoms. The highest BCUT2D eigenvalue weighted by Gasteiger charge is 2.22. The Morgan fingerprint density at radius 2 is 0.907 bits per heavy atom. The second kappa shape index (κ2) is 10.9. The van der Waals surface area contributed by atoms with Crippen molar-refractivity contribution in [3.8, 4) is 44.8 Å². The minimum Gasteiger partial charge on any atom is -0.327 e. The predicted molar refractivity (Wildman–Crippen MR) is 181 cm³/mol. The van der Waals surface area contributed by atoms with Crippen molar-refractivity contribution in [3.05, 3.63) is 163 Å². The molecule has 0 bridgehead atoms. The van der Waals surface area contributed by atoms with Gasteiger partial charge in [-0.3, -0.25) is 0 Å². The first kappa shape index (κ1) is 26.7. The Kier molecular flexibility index (Phi) is 6.75. The van der Waals surface area contributed by atoms with E-state index in [4.69, 9.17) is 4.98 Å². The number of aromatic nitrogens is 2. The van der Waals surface area contributed by atoms with Crippen LogP contribution in [-0.4, -0.2) is 9.55 Å². The lowest BCUT2D eigenvalue weighted by Crippen LogP contribution is -2.18. The van der Waals surface area contributed by atoms with Crippen LogP contribution in [0.1, 0.15) is 25.0 Å². The van der Waals surface area contributed by atoms with Crippen LogP contribution >= 0.6 is 0 Å². The number of hydrogen-bond donors (Lipinski definition) is 0. The maximum Gasteiger partial charge on any atom is 0.140 e. The van der Waals surface area contributed by atoms with E-state index in [2.05, 4.69) is 171 Å². The molecule has 7 aromatic rings. The van der Waals surface area contributed by atoms with E-state index in [1.54, 1.807) is 0 Å². The summed E-state index contributed by atoms with van der Waals surface area (Å²) in [5.41, 5.74) is 13.1. The zero-order valence-electron chi connectivity index (χ0n) is 24.8. The molecular formula is C41H34N2. The number of rotatable bonds is 6. The average Bonchev–Trinajstić information content (AvgIpc) is 3.41. The first-order chi connectivity index (χ1) is 21.0. The smallest absolute Gasteiger partial charge is 0.140 e. The van der Waals surface area contributed by atoms with Gasteiger partial charge < -0.3 is 4.57 Å². The average molecular weight is 555 g/mol. The van der Waals surface area contributed by atoms with Crippen LogP contribution in [0.4, 0.5) is 0 Å². The number of imidazole rings is 1. The van der Waals surface area contributed by atoms with E-state index in [-0.39, 0.29) is 5.41 Å². The number of fused-ring (bicyclic) bond motifs is 1. The molecule has 1 aromatic heterocycles. The maximum absolute atomic E-state index is 4.92. The van der Waals surface area contributed by atoms with Gasteiger partial charge in [-0.05, 0) is 74.8 Å². The molecule has 2 heteroatoms. The third-order valence-electron chi connectivity index (χ3n) is 8.74. The summed E-state index contributed by atoms with van der Waals surface area (Å²) in [5, 5.41) is 0. The third-order valence-corrected chi connectivity index (χ3v) is 8.74. The van der Waals surface area contributed by atoms with Gasteiger partial charge in [0.15, 0.2) is 0 Å². The Morgan fingerprint density at radius 3 is 1.49 bits per heavy atom. The summed E-state index contributed by atoms with van der Waals surface area (Å²) in [6.45, 7) is 4.58. The third kappa shape index (κ3) is 5.06. The second-order valence-corrected chi connectivity index (χ2v) is 11.8. The molecule has 0 N–H and O–H groups in total. The topological polar surface area (TPSA) is 17.8 Å². The lowest BCUT2D eigenvalue weighted by atomic mass is 9.78. The Balaban J connectivity index is 1.18. The fraction of sp³-hybridized carbons (Fsp3) is 0.0976. The second-order valence-electron chi connectivity index (χ2n) is 11.8. The molecular weight excluding hydrogens is 520 g/mol. The van der Waals surface area contributed by atoms with Gasteiger partial charge >= 0.3 is 0 Å². The number of hydrogen-bond acceptors (Lipinski definition) is 1. The van der Waals surface area contributed by atoms with E-state index in [9.17, 15) is 0 Å². The molecule has 0 saturated heterocycles. The summed E-state index contributed by atoms with van der Waals surface area (Å²) < 4.78 is 2.17. The predicted octanol–water partition coefficient (Wildman–Crippen LogP) is 10.6. The van der Waals surface area contributed by atoms with Crippen LogP contribution < -0.4 is 0 Å². The highest BCUT2D eigenvalue weighted by atomic mass is 15.1. The fourth-order valence-electron chi connectivity index (χ4n) is 6.10. The molecule has 1 heterocycles. The fourth-order valence-corrected chi connectivity index (χ4v) is 6.10. The van der Waals surface area contributed by atoms with E-state index < -0.39 is 0 Å². The molecule has 0 amide bonds. The molecule has 7 rings (SSSR count). The molecule has 2 nitrogen and oxygen atoms in total. The number of benzene rings is 6. The van der Waals surface area contributed by atoms with Gasteiger partial charge in [0, 0.05) is 18.0 Å². The number of nitrogens with zero attached hydrogens (tertiary/aromatic N) is 2. The largest absolute Gasteiger partial charge is 0.327 e. The van der Waals surface area contributed by atoms with Gasteiger partial charge in [0.05, 0.1) is 11.0 Å². The summed E-state index contributed by atoms with van der Waals surface area (Å²) in [4.78, 5) is 4.92. The van der Waals surface area contributed by atoms with Crippen LogP contribution in [0.2, 0.25) is 0 Å². The highest BCUT2D eigenvalue weighted by Crippen LogP contribution is 2.35. The molecule has 208 valence electrons. The van der Waals surface area contributed by atoms with Gasteiger partial charge in [0.25, 0.3) is 0 Å². The zero-order chi connectivity index (χ0) is 29.4. The molecule has 0 aliphatic carbocycles. The Bertz CT molecular complexity index is 2050. The van der Waals surface area contributed by atoms with E-state index in [1.807, 2.05) is 6.07 Å². The molecule has 0 unspecified atom stereocenters. The van der Waals surface area contributed by atoms with Crippen LogP contribution in [-0.2, 0) is 12.5 Å². The van der Waals surface area contributed by atoms with Crippen molar-refractivity contribution in [2.45, 2.75) is 19.3 Å². The first-order valence-electron chi connectivity index (χ1n) is 14.9. The van der Waals surface area contributed by atoms with Crippen molar-refractivity contribution >= 4 is 11.0 Å². The maximum atomic E-state index is 4.92. The molecule has 0 spiro atoms. The summed E-state index contributed by atoms with van der Waals surface area (Å²) in [6.07, 6.45) is 0. The van der Waals surface area contributed by atoms with Gasteiger partial charge in [-0.15, -0.1) is 0 Å². The molecule has 0 aliphatic rings. The Labute approximate surface area is 253 Å². The van der Waals surface area contributed by atoms with Crippen molar-refractivity contribution in [3.63, 3.8) is 0 Å². The quantitative estimate of drug-likeness (QED) is 0.200. The normalized spacial score (nSPS) is 11.6. The van der Waals surface area contributed by atoms with Crippen LogP contribution in [0, 0.1) is 0 Å². The van der Waals surface area contributed by atoms with Crippen LogP contribution in [0.25, 0.3) is 55.8 Å². The summed E-state index contributed by atoms with van der Waals surface area (Å²) in [6, 6.07) is 54.4. The zero-order valence-corrected chi connectivity index (χ0v) is 24.8. The lowest BCUT2D eigenvalue weighted by molar-refractivity contribution is 0.641. The van der Waals surface area contributed by atoms with Gasteiger partial charge in [-0.2, -0.15) is 0 Å². The van der Waals surface area contributed by atoms with Crippen LogP contribution in [0.3, 0.4) is 0 Å². The van der Waals surface area contributed by atoms with Crippen LogP contribution in [0.15, 0.2) is 152 Å². The Hall–Kier alpha value is -5.21. The number of aryl methyl sites for hydroxylation is 1. The molecule has 0 saturated carbocycles. The van der Waals surface area contributed by atoms with Crippen molar-refractivity contribution in [2.24, 2.45) is 7.05 Å². The van der Waals surface area contributed by atoms with Crippen molar-refractivity contribution in [2.75, 3.05) is 0 Å². The monoisotopic (exact) mass is 554 g/mol. The van der Waals surface area contributed by atoms with E-state index in [0.717, 1.165) is 22.4 Å². The van der Waals surface area contributed by atoms with Gasteiger partial charge in [-0.1, -0.05) is 135 Å². The van der Waals surface area contributed by atoms with E-state index >= 15 is 0 Å². The minimum absolute atomic E-state index is 0.0524. The Morgan fingerprint density at radius 1 is 0.442 bits per heavy atom. The lowest BCUT2D eigenvalue weighted by Gasteiger charge is -2.26. The molecule has 0 aliphatic heterocycles. The molecule has 0 radical (unpaired) electrons. The van der Waals surface area contributed by atoms with Crippen LogP contribution in [0.5, 0.6) is 0 Å². The summed E-state index contributed by atoms with van der Waals surface area (Å²) in [7, 11) is 2.09. The van der Waals surface area contributed by atoms with E-state index in [1.165, 1.54) is 44.5 Å². The first-order valence-corrected chi connectivity index (χ1v) is 14.9.